The number of imidazole rings is 1. The molecule has 0 saturated carbocycles. The highest BCUT2D eigenvalue weighted by atomic mass is 35.5. The molecule has 5 nitrogen and oxygen atoms in total. The Kier molecular flexibility index (Phi) is 4.76. The number of H-pyrrole nitrogens is 1. The average molecular weight is 328 g/mol. The van der Waals surface area contributed by atoms with E-state index in [1.807, 2.05) is 18.6 Å². The third-order valence-corrected chi connectivity index (χ3v) is 4.35. The monoisotopic (exact) mass is 327 g/mol. The Labute approximate surface area is 135 Å². The molecule has 114 valence electrons. The predicted octanol–water partition coefficient (Wildman–Crippen LogP) is 2.77. The van der Waals surface area contributed by atoms with Crippen LogP contribution < -0.4 is 5.32 Å². The number of aromatic amines is 1. The van der Waals surface area contributed by atoms with E-state index < -0.39 is 0 Å². The van der Waals surface area contributed by atoms with Crippen molar-refractivity contribution in [1.29, 1.82) is 0 Å². The second-order valence-electron chi connectivity index (χ2n) is 5.29. The Balaban J connectivity index is 0.000000807. The molecule has 0 amide bonds. The first-order valence-corrected chi connectivity index (χ1v) is 6.88. The molecule has 0 bridgehead atoms. The molecule has 0 aliphatic carbocycles. The summed E-state index contributed by atoms with van der Waals surface area (Å²) < 4.78 is 2.14. The largest absolute Gasteiger partial charge is 0.345 e. The number of rotatable bonds is 2. The van der Waals surface area contributed by atoms with Crippen molar-refractivity contribution >= 4 is 41.6 Å². The summed E-state index contributed by atoms with van der Waals surface area (Å²) in [6.45, 7) is 4.43. The molecule has 0 radical (unpaired) electrons. The van der Waals surface area contributed by atoms with Crippen molar-refractivity contribution in [1.82, 2.24) is 24.7 Å². The van der Waals surface area contributed by atoms with Gasteiger partial charge in [-0.2, -0.15) is 0 Å². The molecule has 21 heavy (non-hydrogen) atoms. The van der Waals surface area contributed by atoms with E-state index >= 15 is 0 Å². The SMILES string of the molecule is CC[C@@H]1CNC[C@H]1c1c[nH]c2ncc3nccn3c12.Cl.Cl. The van der Waals surface area contributed by atoms with Crippen LogP contribution in [0.25, 0.3) is 16.8 Å². The summed E-state index contributed by atoms with van der Waals surface area (Å²) in [5.41, 5.74) is 4.40. The number of halogens is 2. The number of nitrogens with one attached hydrogen (secondary N) is 2. The minimum atomic E-state index is 0. The second kappa shape index (κ2) is 6.22. The van der Waals surface area contributed by atoms with E-state index in [0.717, 1.165) is 24.4 Å². The molecule has 4 heterocycles. The van der Waals surface area contributed by atoms with Crippen LogP contribution in [0.3, 0.4) is 0 Å². The Bertz CT molecular complexity index is 735. The van der Waals surface area contributed by atoms with Gasteiger partial charge in [-0.25, -0.2) is 9.97 Å². The van der Waals surface area contributed by atoms with Crippen molar-refractivity contribution in [2.24, 2.45) is 5.92 Å². The van der Waals surface area contributed by atoms with Gasteiger partial charge in [-0.1, -0.05) is 13.3 Å². The van der Waals surface area contributed by atoms with E-state index in [2.05, 4.69) is 37.8 Å². The van der Waals surface area contributed by atoms with E-state index in [9.17, 15) is 0 Å². The van der Waals surface area contributed by atoms with Crippen LogP contribution in [0.4, 0.5) is 0 Å². The number of aromatic nitrogens is 4. The van der Waals surface area contributed by atoms with Crippen LogP contribution >= 0.6 is 24.8 Å². The second-order valence-corrected chi connectivity index (χ2v) is 5.29. The summed E-state index contributed by atoms with van der Waals surface area (Å²) in [5.74, 6) is 1.27. The number of fused-ring (bicyclic) bond motifs is 3. The van der Waals surface area contributed by atoms with E-state index in [1.54, 1.807) is 0 Å². The van der Waals surface area contributed by atoms with Gasteiger partial charge in [-0.15, -0.1) is 24.8 Å². The van der Waals surface area contributed by atoms with Crippen molar-refractivity contribution in [3.63, 3.8) is 0 Å². The third kappa shape index (κ3) is 2.39. The van der Waals surface area contributed by atoms with E-state index in [0.29, 0.717) is 11.8 Å². The van der Waals surface area contributed by atoms with E-state index in [1.165, 1.54) is 17.5 Å². The molecule has 7 heteroatoms. The summed E-state index contributed by atoms with van der Waals surface area (Å²) in [6, 6.07) is 0. The zero-order chi connectivity index (χ0) is 12.8. The molecule has 0 spiro atoms. The third-order valence-electron chi connectivity index (χ3n) is 4.35. The van der Waals surface area contributed by atoms with Crippen LogP contribution in [0.5, 0.6) is 0 Å². The average Bonchev–Trinajstić information content (AvgIpc) is 3.15. The first-order valence-electron chi connectivity index (χ1n) is 6.88. The molecule has 0 unspecified atom stereocenters. The molecule has 3 aromatic heterocycles. The normalized spacial score (nSPS) is 21.4. The van der Waals surface area contributed by atoms with Gasteiger partial charge in [0.15, 0.2) is 11.3 Å². The quantitative estimate of drug-likeness (QED) is 0.760. The topological polar surface area (TPSA) is 58.0 Å². The van der Waals surface area contributed by atoms with Crippen molar-refractivity contribution in [2.75, 3.05) is 13.1 Å². The molecular formula is C14H19Cl2N5. The van der Waals surface area contributed by atoms with Crippen LogP contribution in [0.1, 0.15) is 24.8 Å². The maximum Gasteiger partial charge on any atom is 0.155 e. The van der Waals surface area contributed by atoms with Crippen molar-refractivity contribution < 1.29 is 0 Å². The fourth-order valence-corrected chi connectivity index (χ4v) is 3.30. The Hall–Kier alpha value is -1.30. The minimum absolute atomic E-state index is 0. The molecule has 2 N–H and O–H groups in total. The van der Waals surface area contributed by atoms with E-state index in [-0.39, 0.29) is 24.8 Å². The van der Waals surface area contributed by atoms with Crippen LogP contribution in [-0.2, 0) is 0 Å². The lowest BCUT2D eigenvalue weighted by Crippen LogP contribution is -2.09. The van der Waals surface area contributed by atoms with Crippen LogP contribution in [0, 0.1) is 5.92 Å². The van der Waals surface area contributed by atoms with Gasteiger partial charge in [0.2, 0.25) is 0 Å². The fourth-order valence-electron chi connectivity index (χ4n) is 3.30. The molecule has 1 saturated heterocycles. The first kappa shape index (κ1) is 16.1. The molecule has 1 aliphatic heterocycles. The van der Waals surface area contributed by atoms with Gasteiger partial charge in [-0.3, -0.25) is 4.40 Å². The van der Waals surface area contributed by atoms with Crippen molar-refractivity contribution in [2.45, 2.75) is 19.3 Å². The first-order chi connectivity index (χ1) is 9.38. The van der Waals surface area contributed by atoms with Crippen molar-refractivity contribution in [3.8, 4) is 0 Å². The zero-order valence-corrected chi connectivity index (χ0v) is 13.4. The molecule has 1 aliphatic rings. The van der Waals surface area contributed by atoms with Crippen LogP contribution in [0.15, 0.2) is 24.8 Å². The summed E-state index contributed by atoms with van der Waals surface area (Å²) in [5, 5.41) is 3.51. The predicted molar refractivity (Wildman–Crippen MR) is 88.7 cm³/mol. The molecule has 0 aromatic carbocycles. The van der Waals surface area contributed by atoms with Crippen molar-refractivity contribution in [3.05, 3.63) is 30.4 Å². The van der Waals surface area contributed by atoms with Gasteiger partial charge >= 0.3 is 0 Å². The van der Waals surface area contributed by atoms with Crippen LogP contribution in [-0.4, -0.2) is 32.4 Å². The highest BCUT2D eigenvalue weighted by Crippen LogP contribution is 2.34. The smallest absolute Gasteiger partial charge is 0.155 e. The van der Waals surface area contributed by atoms with Gasteiger partial charge in [0.05, 0.1) is 11.7 Å². The summed E-state index contributed by atoms with van der Waals surface area (Å²) in [4.78, 5) is 12.1. The lowest BCUT2D eigenvalue weighted by atomic mass is 9.88. The molecule has 2 atom stereocenters. The number of nitrogens with zero attached hydrogens (tertiary/aromatic N) is 3. The van der Waals surface area contributed by atoms with Gasteiger partial charge in [0.25, 0.3) is 0 Å². The molecular weight excluding hydrogens is 309 g/mol. The van der Waals surface area contributed by atoms with Crippen LogP contribution in [0.2, 0.25) is 0 Å². The van der Waals surface area contributed by atoms with Gasteiger partial charge in [0, 0.05) is 36.6 Å². The fraction of sp³-hybridized carbons (Fsp3) is 0.429. The maximum absolute atomic E-state index is 4.47. The standard InChI is InChI=1S/C14H17N5.2ClH/c1-2-9-5-15-6-10(9)11-7-17-14-13(11)19-4-3-16-12(19)8-18-14;;/h3-4,7-10,15,17H,2,5-6H2,1H3;2*1H/t9-,10-;;/m1../s1. The number of hydrogen-bond donors (Lipinski definition) is 2. The number of hydrogen-bond acceptors (Lipinski definition) is 3. The highest BCUT2D eigenvalue weighted by molar-refractivity contribution is 5.85. The summed E-state index contributed by atoms with van der Waals surface area (Å²) in [6.07, 6.45) is 8.99. The highest BCUT2D eigenvalue weighted by Gasteiger charge is 2.29. The summed E-state index contributed by atoms with van der Waals surface area (Å²) in [7, 11) is 0. The Morgan fingerprint density at radius 2 is 2.14 bits per heavy atom. The minimum Gasteiger partial charge on any atom is -0.345 e. The maximum atomic E-state index is 4.47. The van der Waals surface area contributed by atoms with E-state index in [4.69, 9.17) is 0 Å². The Morgan fingerprint density at radius 1 is 1.29 bits per heavy atom. The lowest BCUT2D eigenvalue weighted by Gasteiger charge is -2.16. The van der Waals surface area contributed by atoms with Gasteiger partial charge in [-0.05, 0) is 12.5 Å². The Morgan fingerprint density at radius 3 is 2.95 bits per heavy atom. The molecule has 1 fully saturated rings. The lowest BCUT2D eigenvalue weighted by molar-refractivity contribution is 0.504. The summed E-state index contributed by atoms with van der Waals surface area (Å²) >= 11 is 0. The molecule has 4 rings (SSSR count). The molecule has 3 aromatic rings. The van der Waals surface area contributed by atoms with Gasteiger partial charge in [0.1, 0.15) is 0 Å². The van der Waals surface area contributed by atoms with Gasteiger partial charge < -0.3 is 10.3 Å². The zero-order valence-electron chi connectivity index (χ0n) is 11.7.